The van der Waals surface area contributed by atoms with E-state index in [-0.39, 0.29) is 0 Å². The number of unbranched alkanes of at least 4 members (excludes halogenated alkanes) is 3. The second-order valence-corrected chi connectivity index (χ2v) is 5.02. The van der Waals surface area contributed by atoms with Crippen molar-refractivity contribution in [1.29, 1.82) is 0 Å². The Hall–Kier alpha value is -0.120. The monoisotopic (exact) mass is 229 g/mol. The quantitative estimate of drug-likeness (QED) is 0.657. The van der Waals surface area contributed by atoms with Gasteiger partial charge < -0.3 is 15.2 Å². The zero-order chi connectivity index (χ0) is 11.8. The third kappa shape index (κ3) is 5.83. The Balaban J connectivity index is 1.99. The van der Waals surface area contributed by atoms with Crippen LogP contribution in [0.1, 0.15) is 52.4 Å². The highest BCUT2D eigenvalue weighted by Gasteiger charge is 2.23. The molecular formula is C13H27NO2. The van der Waals surface area contributed by atoms with Gasteiger partial charge in [0, 0.05) is 12.6 Å². The van der Waals surface area contributed by atoms with Crippen molar-refractivity contribution in [3.63, 3.8) is 0 Å². The van der Waals surface area contributed by atoms with E-state index in [0.29, 0.717) is 24.9 Å². The summed E-state index contributed by atoms with van der Waals surface area (Å²) in [4.78, 5) is 0. The van der Waals surface area contributed by atoms with Crippen molar-refractivity contribution in [2.75, 3.05) is 13.2 Å². The summed E-state index contributed by atoms with van der Waals surface area (Å²) in [7, 11) is 0. The van der Waals surface area contributed by atoms with Gasteiger partial charge in [0.1, 0.15) is 0 Å². The van der Waals surface area contributed by atoms with Gasteiger partial charge >= 0.3 is 0 Å². The maximum atomic E-state index is 8.66. The molecule has 3 nitrogen and oxygen atoms in total. The number of ether oxygens (including phenoxy) is 1. The molecule has 1 aliphatic rings. The first-order chi connectivity index (χ1) is 7.72. The molecule has 0 aromatic rings. The third-order valence-electron chi connectivity index (χ3n) is 3.22. The summed E-state index contributed by atoms with van der Waals surface area (Å²) in [6, 6.07) is 0.636. The lowest BCUT2D eigenvalue weighted by Gasteiger charge is -2.32. The van der Waals surface area contributed by atoms with E-state index < -0.39 is 0 Å². The number of nitrogens with one attached hydrogen (secondary N) is 1. The minimum atomic E-state index is 0.336. The van der Waals surface area contributed by atoms with Crippen molar-refractivity contribution in [2.24, 2.45) is 0 Å². The molecule has 0 amide bonds. The Kier molecular flexibility index (Phi) is 7.01. The van der Waals surface area contributed by atoms with Crippen molar-refractivity contribution in [2.45, 2.75) is 70.6 Å². The molecule has 1 aliphatic heterocycles. The molecule has 0 bridgehead atoms. The highest BCUT2D eigenvalue weighted by Crippen LogP contribution is 2.18. The Bertz CT molecular complexity index is 165. The first-order valence-corrected chi connectivity index (χ1v) is 6.72. The smallest absolute Gasteiger partial charge is 0.0565 e. The van der Waals surface area contributed by atoms with Crippen LogP contribution in [-0.2, 0) is 4.74 Å². The molecule has 96 valence electrons. The summed E-state index contributed by atoms with van der Waals surface area (Å²) in [5.74, 6) is 0. The van der Waals surface area contributed by atoms with E-state index in [1.165, 1.54) is 12.8 Å². The first-order valence-electron chi connectivity index (χ1n) is 6.72. The predicted octanol–water partition coefficient (Wildman–Crippen LogP) is 2.08. The highest BCUT2D eigenvalue weighted by atomic mass is 16.5. The normalized spacial score (nSPS) is 30.6. The standard InChI is InChI=1S/C13H27NO2/c1-11-9-13(10-12(2)16-11)14-7-5-3-4-6-8-15/h11-15H,3-10H2,1-2H3. The van der Waals surface area contributed by atoms with Crippen LogP contribution in [0, 0.1) is 0 Å². The van der Waals surface area contributed by atoms with Crippen LogP contribution >= 0.6 is 0 Å². The number of hydrogen-bond acceptors (Lipinski definition) is 3. The average molecular weight is 229 g/mol. The molecule has 1 saturated heterocycles. The molecule has 0 aromatic carbocycles. The van der Waals surface area contributed by atoms with E-state index in [4.69, 9.17) is 9.84 Å². The van der Waals surface area contributed by atoms with Crippen LogP contribution < -0.4 is 5.32 Å². The van der Waals surface area contributed by atoms with Crippen LogP contribution in [0.25, 0.3) is 0 Å². The van der Waals surface area contributed by atoms with Gasteiger partial charge in [-0.2, -0.15) is 0 Å². The molecule has 2 atom stereocenters. The van der Waals surface area contributed by atoms with Crippen molar-refractivity contribution in [3.8, 4) is 0 Å². The molecule has 1 heterocycles. The van der Waals surface area contributed by atoms with E-state index in [9.17, 15) is 0 Å². The fraction of sp³-hybridized carbons (Fsp3) is 1.00. The fourth-order valence-corrected chi connectivity index (χ4v) is 2.47. The topological polar surface area (TPSA) is 41.5 Å². The maximum absolute atomic E-state index is 8.66. The van der Waals surface area contributed by atoms with Gasteiger partial charge in [-0.1, -0.05) is 12.8 Å². The van der Waals surface area contributed by atoms with E-state index in [1.54, 1.807) is 0 Å². The second-order valence-electron chi connectivity index (χ2n) is 5.02. The molecule has 1 rings (SSSR count). The van der Waals surface area contributed by atoms with Crippen molar-refractivity contribution in [1.82, 2.24) is 5.32 Å². The van der Waals surface area contributed by atoms with Gasteiger partial charge in [0.2, 0.25) is 0 Å². The number of aliphatic hydroxyl groups excluding tert-OH is 1. The Morgan fingerprint density at radius 1 is 1.06 bits per heavy atom. The first kappa shape index (κ1) is 13.9. The van der Waals surface area contributed by atoms with Gasteiger partial charge in [0.25, 0.3) is 0 Å². The van der Waals surface area contributed by atoms with Crippen LogP contribution in [0.4, 0.5) is 0 Å². The van der Waals surface area contributed by atoms with Gasteiger partial charge in [-0.05, 0) is 46.1 Å². The van der Waals surface area contributed by atoms with Crippen LogP contribution in [0.3, 0.4) is 0 Å². The predicted molar refractivity (Wildman–Crippen MR) is 66.6 cm³/mol. The molecule has 16 heavy (non-hydrogen) atoms. The zero-order valence-corrected chi connectivity index (χ0v) is 10.7. The Morgan fingerprint density at radius 3 is 2.31 bits per heavy atom. The third-order valence-corrected chi connectivity index (χ3v) is 3.22. The number of aliphatic hydroxyl groups is 1. The lowest BCUT2D eigenvalue weighted by Crippen LogP contribution is -2.41. The van der Waals surface area contributed by atoms with Gasteiger partial charge in [-0.25, -0.2) is 0 Å². The summed E-state index contributed by atoms with van der Waals surface area (Å²) in [5.41, 5.74) is 0. The summed E-state index contributed by atoms with van der Waals surface area (Å²) < 4.78 is 5.71. The molecule has 3 heteroatoms. The Morgan fingerprint density at radius 2 is 1.69 bits per heavy atom. The minimum absolute atomic E-state index is 0.336. The van der Waals surface area contributed by atoms with Gasteiger partial charge in [-0.3, -0.25) is 0 Å². The molecule has 0 spiro atoms. The van der Waals surface area contributed by atoms with Gasteiger partial charge in [0.05, 0.1) is 12.2 Å². The van der Waals surface area contributed by atoms with Crippen molar-refractivity contribution >= 4 is 0 Å². The minimum Gasteiger partial charge on any atom is -0.396 e. The molecule has 0 aliphatic carbocycles. The number of rotatable bonds is 7. The molecule has 2 unspecified atom stereocenters. The second kappa shape index (κ2) is 8.04. The Labute approximate surface area is 99.6 Å². The van der Waals surface area contributed by atoms with Crippen LogP contribution in [0.2, 0.25) is 0 Å². The summed E-state index contributed by atoms with van der Waals surface area (Å²) in [6.45, 7) is 5.76. The highest BCUT2D eigenvalue weighted by molar-refractivity contribution is 4.78. The van der Waals surface area contributed by atoms with Crippen molar-refractivity contribution < 1.29 is 9.84 Å². The molecule has 1 fully saturated rings. The van der Waals surface area contributed by atoms with Gasteiger partial charge in [0.15, 0.2) is 0 Å². The summed E-state index contributed by atoms with van der Waals surface area (Å²) in [6.07, 6.45) is 7.62. The number of hydrogen-bond donors (Lipinski definition) is 2. The van der Waals surface area contributed by atoms with E-state index in [2.05, 4.69) is 19.2 Å². The largest absolute Gasteiger partial charge is 0.396 e. The zero-order valence-electron chi connectivity index (χ0n) is 10.7. The molecule has 0 radical (unpaired) electrons. The molecule has 2 N–H and O–H groups in total. The van der Waals surface area contributed by atoms with E-state index in [1.807, 2.05) is 0 Å². The van der Waals surface area contributed by atoms with Crippen LogP contribution in [0.15, 0.2) is 0 Å². The summed E-state index contributed by atoms with van der Waals surface area (Å²) in [5, 5.41) is 12.3. The van der Waals surface area contributed by atoms with Crippen LogP contribution in [-0.4, -0.2) is 36.5 Å². The average Bonchev–Trinajstić information content (AvgIpc) is 2.22. The van der Waals surface area contributed by atoms with Crippen molar-refractivity contribution in [3.05, 3.63) is 0 Å². The van der Waals surface area contributed by atoms with E-state index >= 15 is 0 Å². The SMILES string of the molecule is CC1CC(NCCCCCCO)CC(C)O1. The van der Waals surface area contributed by atoms with Gasteiger partial charge in [-0.15, -0.1) is 0 Å². The van der Waals surface area contributed by atoms with E-state index in [0.717, 1.165) is 32.2 Å². The lowest BCUT2D eigenvalue weighted by atomic mass is 10.00. The molecule has 0 aromatic heterocycles. The fourth-order valence-electron chi connectivity index (χ4n) is 2.47. The molecular weight excluding hydrogens is 202 g/mol. The summed E-state index contributed by atoms with van der Waals surface area (Å²) >= 11 is 0. The van der Waals surface area contributed by atoms with Crippen LogP contribution in [0.5, 0.6) is 0 Å². The molecule has 0 saturated carbocycles. The maximum Gasteiger partial charge on any atom is 0.0565 e. The lowest BCUT2D eigenvalue weighted by molar-refractivity contribution is -0.0420.